The van der Waals surface area contributed by atoms with Crippen LogP contribution in [0.4, 0.5) is 0 Å². The second-order valence-corrected chi connectivity index (χ2v) is 8.74. The van der Waals surface area contributed by atoms with Gasteiger partial charge in [0.25, 0.3) is 0 Å². The summed E-state index contributed by atoms with van der Waals surface area (Å²) in [7, 11) is 0. The molecule has 1 aliphatic carbocycles. The van der Waals surface area contributed by atoms with E-state index in [9.17, 15) is 19.2 Å². The Morgan fingerprint density at radius 3 is 2.46 bits per heavy atom. The zero-order chi connectivity index (χ0) is 19.6. The highest BCUT2D eigenvalue weighted by Gasteiger charge is 2.45. The molecule has 2 aliphatic rings. The molecule has 3 amide bonds. The van der Waals surface area contributed by atoms with Crippen molar-refractivity contribution in [2.75, 3.05) is 6.54 Å². The quantitative estimate of drug-likeness (QED) is 0.706. The van der Waals surface area contributed by atoms with Crippen LogP contribution in [0.3, 0.4) is 0 Å². The number of ketones is 1. The molecule has 146 valence electrons. The molecule has 0 bridgehead atoms. The van der Waals surface area contributed by atoms with Gasteiger partial charge in [0.1, 0.15) is 11.8 Å². The van der Waals surface area contributed by atoms with E-state index in [-0.39, 0.29) is 24.0 Å². The number of nitrogens with one attached hydrogen (secondary N) is 1. The molecule has 1 aliphatic heterocycles. The first kappa shape index (κ1) is 20.6. The topological polar surface area (TPSA) is 110 Å². The molecule has 1 saturated carbocycles. The molecule has 7 heteroatoms. The van der Waals surface area contributed by atoms with E-state index in [1.807, 2.05) is 27.7 Å². The Balaban J connectivity index is 2.01. The second kappa shape index (κ2) is 7.86. The van der Waals surface area contributed by atoms with Gasteiger partial charge >= 0.3 is 0 Å². The van der Waals surface area contributed by atoms with Gasteiger partial charge in [0, 0.05) is 19.4 Å². The van der Waals surface area contributed by atoms with Crippen LogP contribution in [0.1, 0.15) is 59.8 Å². The normalized spacial score (nSPS) is 26.2. The number of likely N-dealkylation sites (tertiary alicyclic amines) is 1. The predicted molar refractivity (Wildman–Crippen MR) is 96.8 cm³/mol. The Morgan fingerprint density at radius 1 is 1.27 bits per heavy atom. The smallest absolute Gasteiger partial charge is 0.249 e. The van der Waals surface area contributed by atoms with Gasteiger partial charge in [-0.05, 0) is 30.6 Å². The molecule has 0 aromatic carbocycles. The molecule has 2 rings (SSSR count). The maximum atomic E-state index is 12.6. The number of carbonyl (C=O) groups is 4. The molecule has 7 nitrogen and oxygen atoms in total. The van der Waals surface area contributed by atoms with Crippen molar-refractivity contribution in [3.05, 3.63) is 0 Å². The first-order valence-electron chi connectivity index (χ1n) is 9.45. The van der Waals surface area contributed by atoms with Crippen molar-refractivity contribution in [1.29, 1.82) is 0 Å². The summed E-state index contributed by atoms with van der Waals surface area (Å²) < 4.78 is 0. The lowest BCUT2D eigenvalue weighted by molar-refractivity contribution is -0.143. The zero-order valence-electron chi connectivity index (χ0n) is 16.2. The van der Waals surface area contributed by atoms with Crippen LogP contribution in [0, 0.1) is 17.3 Å². The van der Waals surface area contributed by atoms with E-state index in [4.69, 9.17) is 5.73 Å². The third kappa shape index (κ3) is 4.50. The summed E-state index contributed by atoms with van der Waals surface area (Å²) in [6, 6.07) is -1.30. The van der Waals surface area contributed by atoms with E-state index >= 15 is 0 Å². The Bertz CT molecular complexity index is 600. The number of Topliss-reactive ketones (excluding diaryl/α,β-unsaturated/α-hetero) is 1. The van der Waals surface area contributed by atoms with Crippen molar-refractivity contribution in [3.63, 3.8) is 0 Å². The number of hydrogen-bond acceptors (Lipinski definition) is 5. The molecule has 1 unspecified atom stereocenters. The first-order valence-corrected chi connectivity index (χ1v) is 9.45. The van der Waals surface area contributed by atoms with Crippen molar-refractivity contribution >= 4 is 23.5 Å². The van der Waals surface area contributed by atoms with E-state index in [0.717, 1.165) is 0 Å². The molecule has 2 fully saturated rings. The van der Waals surface area contributed by atoms with Gasteiger partial charge in [0.2, 0.25) is 17.7 Å². The van der Waals surface area contributed by atoms with Crippen LogP contribution < -0.4 is 11.1 Å². The third-order valence-corrected chi connectivity index (χ3v) is 5.47. The molecule has 3 atom stereocenters. The standard InChI is InChI=1S/C19H31N3O4/c1-11(2)8-14(20)18(26)22-7-5-6-15(22)17(25)21-16(24)13-9-12(23)10-19(13,3)4/h11,13-15H,5-10,20H2,1-4H3,(H,21,24,25)/t13?,14-,15-/m0/s1. The number of carbonyl (C=O) groups excluding carboxylic acids is 4. The minimum absolute atomic E-state index is 0.0416. The molecule has 0 aromatic heterocycles. The van der Waals surface area contributed by atoms with Crippen LogP contribution in [-0.4, -0.2) is 47.0 Å². The number of imide groups is 1. The summed E-state index contributed by atoms with van der Waals surface area (Å²) in [5.74, 6) is -1.30. The number of amides is 3. The maximum absolute atomic E-state index is 12.6. The van der Waals surface area contributed by atoms with Crippen LogP contribution in [0.5, 0.6) is 0 Å². The summed E-state index contributed by atoms with van der Waals surface area (Å²) in [6.07, 6.45) is 2.29. The Hall–Kier alpha value is -1.76. The molecule has 3 N–H and O–H groups in total. The van der Waals surface area contributed by atoms with Gasteiger partial charge < -0.3 is 10.6 Å². The summed E-state index contributed by atoms with van der Waals surface area (Å²) in [4.78, 5) is 50.9. The molecule has 0 spiro atoms. The van der Waals surface area contributed by atoms with Crippen LogP contribution in [0.2, 0.25) is 0 Å². The molecule has 0 radical (unpaired) electrons. The first-order chi connectivity index (χ1) is 12.0. The lowest BCUT2D eigenvalue weighted by atomic mass is 9.81. The van der Waals surface area contributed by atoms with Crippen LogP contribution in [0.25, 0.3) is 0 Å². The average molecular weight is 365 g/mol. The summed E-state index contributed by atoms with van der Waals surface area (Å²) in [5, 5.41) is 2.44. The number of rotatable bonds is 5. The van der Waals surface area contributed by atoms with E-state index in [1.165, 1.54) is 4.90 Å². The van der Waals surface area contributed by atoms with Gasteiger partial charge in [-0.15, -0.1) is 0 Å². The zero-order valence-corrected chi connectivity index (χ0v) is 16.2. The van der Waals surface area contributed by atoms with Crippen molar-refractivity contribution in [2.24, 2.45) is 23.0 Å². The highest BCUT2D eigenvalue weighted by atomic mass is 16.2. The molecule has 1 saturated heterocycles. The van der Waals surface area contributed by atoms with Crippen molar-refractivity contribution in [2.45, 2.75) is 71.9 Å². The van der Waals surface area contributed by atoms with Crippen LogP contribution in [0.15, 0.2) is 0 Å². The van der Waals surface area contributed by atoms with Gasteiger partial charge in [-0.25, -0.2) is 0 Å². The van der Waals surface area contributed by atoms with Gasteiger partial charge in [-0.2, -0.15) is 0 Å². The molecule has 0 aromatic rings. The van der Waals surface area contributed by atoms with E-state index < -0.39 is 35.2 Å². The fourth-order valence-electron chi connectivity index (χ4n) is 4.07. The fourth-order valence-corrected chi connectivity index (χ4v) is 4.07. The van der Waals surface area contributed by atoms with Crippen molar-refractivity contribution < 1.29 is 19.2 Å². The SMILES string of the molecule is CC(C)C[C@H](N)C(=O)N1CCC[C@H]1C(=O)NC(=O)C1CC(=O)CC1(C)C. The monoisotopic (exact) mass is 365 g/mol. The average Bonchev–Trinajstić information content (AvgIpc) is 3.09. The van der Waals surface area contributed by atoms with E-state index in [2.05, 4.69) is 5.32 Å². The molecular formula is C19H31N3O4. The minimum atomic E-state index is -0.662. The highest BCUT2D eigenvalue weighted by molar-refractivity contribution is 6.03. The second-order valence-electron chi connectivity index (χ2n) is 8.74. The Labute approximate surface area is 155 Å². The Morgan fingerprint density at radius 2 is 1.92 bits per heavy atom. The highest BCUT2D eigenvalue weighted by Crippen LogP contribution is 2.40. The summed E-state index contributed by atoms with van der Waals surface area (Å²) in [5.41, 5.74) is 5.53. The third-order valence-electron chi connectivity index (χ3n) is 5.47. The lowest BCUT2D eigenvalue weighted by Crippen LogP contribution is -2.53. The summed E-state index contributed by atoms with van der Waals surface area (Å²) in [6.45, 7) is 8.19. The summed E-state index contributed by atoms with van der Waals surface area (Å²) >= 11 is 0. The minimum Gasteiger partial charge on any atom is -0.329 e. The van der Waals surface area contributed by atoms with E-state index in [1.54, 1.807) is 0 Å². The predicted octanol–water partition coefficient (Wildman–Crippen LogP) is 0.999. The molecular weight excluding hydrogens is 334 g/mol. The molecule has 26 heavy (non-hydrogen) atoms. The van der Waals surface area contributed by atoms with Gasteiger partial charge in [0.05, 0.1) is 12.0 Å². The Kier molecular flexibility index (Phi) is 6.21. The van der Waals surface area contributed by atoms with E-state index in [0.29, 0.717) is 32.2 Å². The van der Waals surface area contributed by atoms with Crippen LogP contribution in [-0.2, 0) is 19.2 Å². The van der Waals surface area contributed by atoms with Gasteiger partial charge in [-0.3, -0.25) is 24.5 Å². The maximum Gasteiger partial charge on any atom is 0.249 e. The van der Waals surface area contributed by atoms with Gasteiger partial charge in [-0.1, -0.05) is 27.7 Å². The lowest BCUT2D eigenvalue weighted by Gasteiger charge is -2.28. The largest absolute Gasteiger partial charge is 0.329 e. The van der Waals surface area contributed by atoms with Gasteiger partial charge in [0.15, 0.2) is 0 Å². The number of nitrogens with two attached hydrogens (primary N) is 1. The van der Waals surface area contributed by atoms with Crippen molar-refractivity contribution in [1.82, 2.24) is 10.2 Å². The van der Waals surface area contributed by atoms with Crippen LogP contribution >= 0.6 is 0 Å². The molecule has 1 heterocycles. The number of hydrogen-bond donors (Lipinski definition) is 2. The number of nitrogens with zero attached hydrogens (tertiary/aromatic N) is 1. The fraction of sp³-hybridized carbons (Fsp3) is 0.789. The van der Waals surface area contributed by atoms with Crippen molar-refractivity contribution in [3.8, 4) is 0 Å².